The Balaban J connectivity index is -0.0000000268. The molecule has 0 bridgehead atoms. The molecule has 0 atom stereocenters. The van der Waals surface area contributed by atoms with Gasteiger partial charge in [-0.2, -0.15) is 0 Å². The fraction of sp³-hybridized carbons (Fsp3) is 0.533. The maximum Gasteiger partial charge on any atom is 0 e. The molecule has 17 heavy (non-hydrogen) atoms. The van der Waals surface area contributed by atoms with Gasteiger partial charge in [0.2, 0.25) is 0 Å². The van der Waals surface area contributed by atoms with Crippen molar-refractivity contribution < 1.29 is 42.1 Å². The second kappa shape index (κ2) is 43.8. The first kappa shape index (κ1) is 36.0. The second-order valence-electron chi connectivity index (χ2n) is 2.36. The summed E-state index contributed by atoms with van der Waals surface area (Å²) in [6.45, 7) is 14.3. The molecule has 104 valence electrons. The average molecular weight is 579 g/mol. The summed E-state index contributed by atoms with van der Waals surface area (Å²) in [7, 11) is 0. The van der Waals surface area contributed by atoms with Gasteiger partial charge in [0.1, 0.15) is 0 Å². The van der Waals surface area contributed by atoms with E-state index >= 15 is 0 Å². The van der Waals surface area contributed by atoms with Crippen molar-refractivity contribution in [2.24, 2.45) is 0 Å². The van der Waals surface area contributed by atoms with E-state index in [9.17, 15) is 0 Å². The topological polar surface area (TPSA) is 0 Å². The molecular weight excluding hydrogens is 548 g/mol. The van der Waals surface area contributed by atoms with Gasteiger partial charge < -0.3 is 7.43 Å². The van der Waals surface area contributed by atoms with E-state index in [-0.39, 0.29) is 49.6 Å². The molecule has 0 nitrogen and oxygen atoms in total. The molecule has 0 spiro atoms. The molecule has 0 aliphatic rings. The summed E-state index contributed by atoms with van der Waals surface area (Å²) >= 11 is 0. The number of rotatable bonds is 0. The first-order valence-corrected chi connectivity index (χ1v) is 5.82. The minimum absolute atomic E-state index is 0. The van der Waals surface area contributed by atoms with Gasteiger partial charge in [-0.15, -0.1) is 0 Å². The van der Waals surface area contributed by atoms with Crippen LogP contribution in [0.4, 0.5) is 0 Å². The summed E-state index contributed by atoms with van der Waals surface area (Å²) in [4.78, 5) is 0. The Kier molecular flexibility index (Phi) is 92.9. The summed E-state index contributed by atoms with van der Waals surface area (Å²) in [5.41, 5.74) is 1.32. The maximum atomic E-state index is 2.12. The van der Waals surface area contributed by atoms with Crippen LogP contribution in [0.25, 0.3) is 0 Å². The van der Waals surface area contributed by atoms with Crippen LogP contribution in [0.1, 0.15) is 53.5 Å². The third-order valence-electron chi connectivity index (χ3n) is 0.940. The molecule has 0 amide bonds. The van der Waals surface area contributed by atoms with Crippen molar-refractivity contribution in [3.8, 4) is 0 Å². The van der Waals surface area contributed by atoms with Gasteiger partial charge in [0.05, 0.1) is 0 Å². The second-order valence-corrected chi connectivity index (χ2v) is 2.36. The molecule has 0 heterocycles. The third kappa shape index (κ3) is 47.8. The maximum absolute atomic E-state index is 2.12. The van der Waals surface area contributed by atoms with Crippen LogP contribution < -0.4 is 0 Å². The van der Waals surface area contributed by atoms with Crippen LogP contribution in [0.5, 0.6) is 0 Å². The molecule has 0 aliphatic heterocycles. The molecule has 0 unspecified atom stereocenters. The van der Waals surface area contributed by atoms with Gasteiger partial charge in [0.15, 0.2) is 0 Å². The zero-order valence-electron chi connectivity index (χ0n) is 12.9. The zero-order valence-corrected chi connectivity index (χ0v) is 18.8. The molecular formula is C15H31W2-. The number of benzene rings is 1. The Morgan fingerprint density at radius 2 is 1.00 bits per heavy atom. The minimum Gasteiger partial charge on any atom is -0.358 e. The molecule has 1 aromatic rings. The zero-order chi connectivity index (χ0) is 11.8. The smallest absolute Gasteiger partial charge is 0 e. The Bertz CT molecular complexity index is 150. The van der Waals surface area contributed by atoms with E-state index in [4.69, 9.17) is 0 Å². The van der Waals surface area contributed by atoms with Crippen LogP contribution in [0.2, 0.25) is 0 Å². The molecule has 0 saturated heterocycles. The van der Waals surface area contributed by atoms with Crippen LogP contribution in [-0.2, 0) is 42.1 Å². The standard InChI is InChI=1S/C7H8.C3H8.2C2H6.CH3.2W/c1-7-5-3-2-4-6-7;1-3-2;2*1-2;;;/h2-6H,1H3;3H2,1-2H3;2*1-2H3;1H3;;/q;;;;-1;;. The molecule has 0 N–H and O–H groups in total. The monoisotopic (exact) mass is 579 g/mol. The van der Waals surface area contributed by atoms with Crippen molar-refractivity contribution in [1.29, 1.82) is 0 Å². The first-order chi connectivity index (χ1) is 6.81. The third-order valence-corrected chi connectivity index (χ3v) is 0.940. The Morgan fingerprint density at radius 1 is 0.765 bits per heavy atom. The van der Waals surface area contributed by atoms with Gasteiger partial charge in [-0.05, 0) is 6.92 Å². The van der Waals surface area contributed by atoms with Crippen molar-refractivity contribution in [2.45, 2.75) is 54.9 Å². The molecule has 0 aliphatic carbocycles. The largest absolute Gasteiger partial charge is 0.358 e. The summed E-state index contributed by atoms with van der Waals surface area (Å²) < 4.78 is 0. The number of hydrogen-bond donors (Lipinski definition) is 0. The predicted molar refractivity (Wildman–Crippen MR) is 76.3 cm³/mol. The van der Waals surface area contributed by atoms with Crippen LogP contribution in [0, 0.1) is 14.4 Å². The fourth-order valence-electron chi connectivity index (χ4n) is 0.534. The summed E-state index contributed by atoms with van der Waals surface area (Å²) in [6, 6.07) is 10.3. The quantitative estimate of drug-likeness (QED) is 0.336. The van der Waals surface area contributed by atoms with Crippen molar-refractivity contribution in [1.82, 2.24) is 0 Å². The molecule has 1 aromatic carbocycles. The summed E-state index contributed by atoms with van der Waals surface area (Å²) in [5, 5.41) is 0. The molecule has 0 fully saturated rings. The number of aryl methyl sites for hydroxylation is 1. The molecule has 1 rings (SSSR count). The van der Waals surface area contributed by atoms with Crippen molar-refractivity contribution in [2.75, 3.05) is 0 Å². The predicted octanol–water partition coefficient (Wildman–Crippen LogP) is 5.91. The minimum atomic E-state index is 0. The molecule has 0 saturated carbocycles. The van der Waals surface area contributed by atoms with Crippen LogP contribution in [-0.4, -0.2) is 0 Å². The van der Waals surface area contributed by atoms with Crippen LogP contribution in [0.15, 0.2) is 30.3 Å². The normalized spacial score (nSPS) is 5.35. The van der Waals surface area contributed by atoms with E-state index in [1.807, 2.05) is 45.9 Å². The SMILES string of the molecule is CC.CC.CCC.Cc1ccccc1.[CH3-].[W].[W]. The van der Waals surface area contributed by atoms with Crippen molar-refractivity contribution in [3.05, 3.63) is 43.3 Å². The fourth-order valence-corrected chi connectivity index (χ4v) is 0.534. The Morgan fingerprint density at radius 3 is 1.12 bits per heavy atom. The van der Waals surface area contributed by atoms with Gasteiger partial charge in [-0.1, -0.05) is 83.9 Å². The van der Waals surface area contributed by atoms with E-state index in [2.05, 4.69) is 32.9 Å². The van der Waals surface area contributed by atoms with Gasteiger partial charge >= 0.3 is 0 Å². The van der Waals surface area contributed by atoms with Gasteiger partial charge in [0.25, 0.3) is 0 Å². The van der Waals surface area contributed by atoms with E-state index < -0.39 is 0 Å². The Hall–Kier alpha value is 0.597. The van der Waals surface area contributed by atoms with Gasteiger partial charge in [-0.3, -0.25) is 0 Å². The average Bonchev–Trinajstić information content (AvgIpc) is 2.26. The Labute approximate surface area is 140 Å². The van der Waals surface area contributed by atoms with E-state index in [1.165, 1.54) is 12.0 Å². The summed E-state index contributed by atoms with van der Waals surface area (Å²) in [6.07, 6.45) is 1.25. The first-order valence-electron chi connectivity index (χ1n) is 5.82. The van der Waals surface area contributed by atoms with Gasteiger partial charge in [-0.25, -0.2) is 0 Å². The van der Waals surface area contributed by atoms with Crippen LogP contribution in [0.3, 0.4) is 0 Å². The van der Waals surface area contributed by atoms with E-state index in [0.717, 1.165) is 0 Å². The van der Waals surface area contributed by atoms with E-state index in [1.54, 1.807) is 0 Å². The van der Waals surface area contributed by atoms with Crippen molar-refractivity contribution in [3.63, 3.8) is 0 Å². The van der Waals surface area contributed by atoms with Crippen LogP contribution >= 0.6 is 0 Å². The van der Waals surface area contributed by atoms with Crippen molar-refractivity contribution >= 4 is 0 Å². The molecule has 0 radical (unpaired) electrons. The van der Waals surface area contributed by atoms with Gasteiger partial charge in [0, 0.05) is 42.1 Å². The molecule has 2 heteroatoms. The molecule has 0 aromatic heterocycles. The summed E-state index contributed by atoms with van der Waals surface area (Å²) in [5.74, 6) is 0. The van der Waals surface area contributed by atoms with E-state index in [0.29, 0.717) is 0 Å². The number of hydrogen-bond acceptors (Lipinski definition) is 0.